The summed E-state index contributed by atoms with van der Waals surface area (Å²) in [4.78, 5) is 8.54. The summed E-state index contributed by atoms with van der Waals surface area (Å²) < 4.78 is 7.39. The molecule has 0 fully saturated rings. The van der Waals surface area contributed by atoms with Gasteiger partial charge >= 0.3 is 0 Å². The highest BCUT2D eigenvalue weighted by Gasteiger charge is 2.14. The van der Waals surface area contributed by atoms with Crippen LogP contribution in [0.5, 0.6) is 5.88 Å². The quantitative estimate of drug-likeness (QED) is 0.838. The van der Waals surface area contributed by atoms with Gasteiger partial charge in [0.2, 0.25) is 5.88 Å². The third kappa shape index (κ3) is 1.78. The van der Waals surface area contributed by atoms with Crippen molar-refractivity contribution in [3.05, 3.63) is 30.4 Å². The minimum absolute atomic E-state index is 0.631. The third-order valence-corrected chi connectivity index (χ3v) is 2.97. The monoisotopic (exact) mass is 230 g/mol. The van der Waals surface area contributed by atoms with Crippen LogP contribution in [0, 0.1) is 0 Å². The molecule has 3 rings (SSSR count). The number of fused-ring (bicyclic) bond motifs is 1. The number of pyridine rings is 1. The fourth-order valence-corrected chi connectivity index (χ4v) is 2.11. The van der Waals surface area contributed by atoms with Crippen molar-refractivity contribution in [3.8, 4) is 17.1 Å². The fourth-order valence-electron chi connectivity index (χ4n) is 2.11. The molecule has 0 aromatic carbocycles. The summed E-state index contributed by atoms with van der Waals surface area (Å²) in [6, 6.07) is 3.92. The van der Waals surface area contributed by atoms with Crippen LogP contribution in [0.1, 0.15) is 5.82 Å². The molecule has 1 aliphatic rings. The number of hydrogen-bond donors (Lipinski definition) is 1. The summed E-state index contributed by atoms with van der Waals surface area (Å²) in [5.41, 5.74) is 2.22. The molecule has 0 aliphatic carbocycles. The van der Waals surface area contributed by atoms with Gasteiger partial charge in [0.1, 0.15) is 5.82 Å². The van der Waals surface area contributed by atoms with Crippen molar-refractivity contribution in [1.82, 2.24) is 19.9 Å². The summed E-state index contributed by atoms with van der Waals surface area (Å²) in [6.45, 7) is 2.77. The first-order valence-electron chi connectivity index (χ1n) is 5.64. The van der Waals surface area contributed by atoms with Crippen molar-refractivity contribution < 1.29 is 4.74 Å². The lowest BCUT2D eigenvalue weighted by molar-refractivity contribution is 0.398. The first-order chi connectivity index (χ1) is 8.38. The predicted molar refractivity (Wildman–Crippen MR) is 63.7 cm³/mol. The summed E-state index contributed by atoms with van der Waals surface area (Å²) in [5, 5.41) is 3.31. The number of nitrogens with zero attached hydrogens (tertiary/aromatic N) is 3. The largest absolute Gasteiger partial charge is 0.481 e. The molecule has 0 saturated carbocycles. The highest BCUT2D eigenvalue weighted by atomic mass is 16.5. The minimum atomic E-state index is 0.631. The van der Waals surface area contributed by atoms with Crippen LogP contribution in [0.2, 0.25) is 0 Å². The number of aromatic nitrogens is 3. The molecule has 0 saturated heterocycles. The molecular formula is C12H14N4O. The molecule has 2 aromatic heterocycles. The maximum Gasteiger partial charge on any atom is 0.213 e. The Kier molecular flexibility index (Phi) is 2.53. The van der Waals surface area contributed by atoms with Gasteiger partial charge in [-0.15, -0.1) is 0 Å². The van der Waals surface area contributed by atoms with Crippen LogP contribution >= 0.6 is 0 Å². The zero-order valence-electron chi connectivity index (χ0n) is 9.68. The molecule has 2 aromatic rings. The normalized spacial score (nSPS) is 14.4. The van der Waals surface area contributed by atoms with Crippen LogP contribution in [0.3, 0.4) is 0 Å². The van der Waals surface area contributed by atoms with E-state index in [1.54, 1.807) is 13.3 Å². The zero-order chi connectivity index (χ0) is 11.7. The van der Waals surface area contributed by atoms with E-state index in [-0.39, 0.29) is 0 Å². The summed E-state index contributed by atoms with van der Waals surface area (Å²) in [5.74, 6) is 1.72. The van der Waals surface area contributed by atoms with Gasteiger partial charge in [0, 0.05) is 30.9 Å². The number of ether oxygens (including phenoxy) is 1. The maximum atomic E-state index is 5.14. The van der Waals surface area contributed by atoms with Crippen molar-refractivity contribution in [2.75, 3.05) is 13.7 Å². The van der Waals surface area contributed by atoms with Crippen LogP contribution in [0.15, 0.2) is 24.5 Å². The summed E-state index contributed by atoms with van der Waals surface area (Å²) in [6.07, 6.45) is 3.67. The Bertz CT molecular complexity index is 535. The summed E-state index contributed by atoms with van der Waals surface area (Å²) >= 11 is 0. The van der Waals surface area contributed by atoms with Crippen molar-refractivity contribution in [3.63, 3.8) is 0 Å². The molecule has 0 atom stereocenters. The zero-order valence-corrected chi connectivity index (χ0v) is 9.68. The van der Waals surface area contributed by atoms with Crippen molar-refractivity contribution in [1.29, 1.82) is 0 Å². The first kappa shape index (κ1) is 10.3. The van der Waals surface area contributed by atoms with Crippen LogP contribution in [0.25, 0.3) is 11.3 Å². The molecule has 88 valence electrons. The lowest BCUT2D eigenvalue weighted by Crippen LogP contribution is -2.28. The van der Waals surface area contributed by atoms with Gasteiger partial charge in [0.25, 0.3) is 0 Å². The Morgan fingerprint density at radius 1 is 1.41 bits per heavy atom. The predicted octanol–water partition coefficient (Wildman–Crippen LogP) is 1.06. The molecule has 3 heterocycles. The van der Waals surface area contributed by atoms with Gasteiger partial charge in [0.15, 0.2) is 0 Å². The van der Waals surface area contributed by atoms with E-state index in [9.17, 15) is 0 Å². The number of nitrogens with one attached hydrogen (secondary N) is 1. The second-order valence-electron chi connectivity index (χ2n) is 3.97. The molecule has 5 heteroatoms. The lowest BCUT2D eigenvalue weighted by atomic mass is 10.2. The molecule has 0 spiro atoms. The number of imidazole rings is 1. The Morgan fingerprint density at radius 3 is 3.24 bits per heavy atom. The first-order valence-corrected chi connectivity index (χ1v) is 5.64. The van der Waals surface area contributed by atoms with Gasteiger partial charge in [-0.25, -0.2) is 9.97 Å². The Morgan fingerprint density at radius 2 is 2.35 bits per heavy atom. The highest BCUT2D eigenvalue weighted by molar-refractivity contribution is 5.60. The molecule has 0 amide bonds. The van der Waals surface area contributed by atoms with Crippen molar-refractivity contribution in [2.24, 2.45) is 0 Å². The van der Waals surface area contributed by atoms with Crippen LogP contribution in [0.4, 0.5) is 0 Å². The average molecular weight is 230 g/mol. The van der Waals surface area contributed by atoms with Crippen molar-refractivity contribution in [2.45, 2.75) is 13.1 Å². The van der Waals surface area contributed by atoms with Crippen LogP contribution in [-0.2, 0) is 13.1 Å². The molecule has 1 aliphatic heterocycles. The van der Waals surface area contributed by atoms with E-state index >= 15 is 0 Å². The van der Waals surface area contributed by atoms with Crippen LogP contribution in [-0.4, -0.2) is 28.2 Å². The molecule has 1 N–H and O–H groups in total. The number of hydrogen-bond acceptors (Lipinski definition) is 4. The van der Waals surface area contributed by atoms with Gasteiger partial charge in [-0.05, 0) is 6.07 Å². The molecule has 5 nitrogen and oxygen atoms in total. The Labute approximate surface area is 99.5 Å². The smallest absolute Gasteiger partial charge is 0.213 e. The van der Waals surface area contributed by atoms with E-state index in [1.165, 1.54) is 0 Å². The van der Waals surface area contributed by atoms with Gasteiger partial charge < -0.3 is 14.6 Å². The lowest BCUT2D eigenvalue weighted by Gasteiger charge is -2.17. The van der Waals surface area contributed by atoms with E-state index in [0.717, 1.165) is 36.7 Å². The van der Waals surface area contributed by atoms with E-state index in [0.29, 0.717) is 5.88 Å². The second kappa shape index (κ2) is 4.18. The standard InChI is InChI=1S/C12H14N4O/c1-17-12-6-9(2-3-14-12)10-7-15-11-8-13-4-5-16(10)11/h2-3,6-7,13H,4-5,8H2,1H3. The van der Waals surface area contributed by atoms with E-state index < -0.39 is 0 Å². The van der Waals surface area contributed by atoms with Crippen molar-refractivity contribution >= 4 is 0 Å². The second-order valence-corrected chi connectivity index (χ2v) is 3.97. The summed E-state index contributed by atoms with van der Waals surface area (Å²) in [7, 11) is 1.63. The molecule has 0 unspecified atom stereocenters. The van der Waals surface area contributed by atoms with E-state index in [2.05, 4.69) is 19.9 Å². The van der Waals surface area contributed by atoms with Gasteiger partial charge in [-0.1, -0.05) is 0 Å². The molecule has 0 bridgehead atoms. The third-order valence-electron chi connectivity index (χ3n) is 2.97. The Hall–Kier alpha value is -1.88. The molecule has 0 radical (unpaired) electrons. The maximum absolute atomic E-state index is 5.14. The Balaban J connectivity index is 2.05. The highest BCUT2D eigenvalue weighted by Crippen LogP contribution is 2.24. The van der Waals surface area contributed by atoms with E-state index in [4.69, 9.17) is 4.74 Å². The fraction of sp³-hybridized carbons (Fsp3) is 0.333. The number of methoxy groups -OCH3 is 1. The topological polar surface area (TPSA) is 52.0 Å². The average Bonchev–Trinajstić information content (AvgIpc) is 2.82. The SMILES string of the molecule is COc1cc(-c2cnc3n2CCNC3)ccn1. The molecular weight excluding hydrogens is 216 g/mol. The van der Waals surface area contributed by atoms with Gasteiger partial charge in [-0.3, -0.25) is 0 Å². The minimum Gasteiger partial charge on any atom is -0.481 e. The van der Waals surface area contributed by atoms with E-state index in [1.807, 2.05) is 18.3 Å². The van der Waals surface area contributed by atoms with Crippen LogP contribution < -0.4 is 10.1 Å². The van der Waals surface area contributed by atoms with Gasteiger partial charge in [0.05, 0.1) is 25.5 Å². The molecule has 17 heavy (non-hydrogen) atoms. The van der Waals surface area contributed by atoms with Gasteiger partial charge in [-0.2, -0.15) is 0 Å². The number of rotatable bonds is 2.